The Hall–Kier alpha value is -1.40. The number of ether oxygens (including phenoxy) is 1. The molecule has 6 nitrogen and oxygen atoms in total. The molecule has 6 heteroatoms. The molecule has 0 radical (unpaired) electrons. The zero-order valence-corrected chi connectivity index (χ0v) is 36.9. The lowest BCUT2D eigenvalue weighted by Gasteiger charge is -2.22. The molecule has 0 saturated carbocycles. The number of carbonyl (C=O) groups is 2. The number of unbranched alkanes of at least 4 members (excludes halogenated alkanes) is 32. The second kappa shape index (κ2) is 45.3. The highest BCUT2D eigenvalue weighted by Gasteiger charge is 2.20. The molecule has 0 aromatic carbocycles. The van der Waals surface area contributed by atoms with E-state index in [1.165, 1.54) is 148 Å². The number of allylic oxidation sites excluding steroid dienone is 2. The lowest BCUT2D eigenvalue weighted by molar-refractivity contribution is -0.143. The van der Waals surface area contributed by atoms with Crippen LogP contribution in [0.15, 0.2) is 12.2 Å². The Balaban J connectivity index is 3.47. The number of hydrogen-bond donors (Lipinski definition) is 3. The second-order valence-corrected chi connectivity index (χ2v) is 16.8. The fourth-order valence-corrected chi connectivity index (χ4v) is 7.51. The summed E-state index contributed by atoms with van der Waals surface area (Å²) in [4.78, 5) is 24.4. The minimum absolute atomic E-state index is 0.0277. The second-order valence-electron chi connectivity index (χ2n) is 16.8. The highest BCUT2D eigenvalue weighted by molar-refractivity contribution is 5.76. The normalized spacial score (nSPS) is 12.7. The van der Waals surface area contributed by atoms with Crippen LogP contribution in [0.3, 0.4) is 0 Å². The zero-order chi connectivity index (χ0) is 40.1. The maximum atomic E-state index is 12.4. The van der Waals surface area contributed by atoms with E-state index in [4.69, 9.17) is 4.74 Å². The fourth-order valence-electron chi connectivity index (χ4n) is 7.51. The summed E-state index contributed by atoms with van der Waals surface area (Å²) in [5, 5.41) is 23.0. The van der Waals surface area contributed by atoms with Crippen LogP contribution in [0, 0.1) is 0 Å². The Labute approximate surface area is 342 Å². The minimum Gasteiger partial charge on any atom is -0.466 e. The quantitative estimate of drug-likeness (QED) is 0.0325. The first-order valence-electron chi connectivity index (χ1n) is 24.4. The molecular formula is C49H95NO5. The Morgan fingerprint density at radius 1 is 0.491 bits per heavy atom. The third kappa shape index (κ3) is 42.0. The van der Waals surface area contributed by atoms with Crippen LogP contribution in [0.4, 0.5) is 0 Å². The van der Waals surface area contributed by atoms with Gasteiger partial charge in [-0.3, -0.25) is 9.59 Å². The third-order valence-corrected chi connectivity index (χ3v) is 11.3. The first-order chi connectivity index (χ1) is 27.0. The summed E-state index contributed by atoms with van der Waals surface area (Å²) in [6.45, 7) is 4.86. The van der Waals surface area contributed by atoms with Gasteiger partial charge in [0.15, 0.2) is 0 Å². The summed E-state index contributed by atoms with van der Waals surface area (Å²) in [6.07, 6.45) is 50.4. The number of rotatable bonds is 45. The van der Waals surface area contributed by atoms with Crippen molar-refractivity contribution in [1.29, 1.82) is 0 Å². The van der Waals surface area contributed by atoms with Gasteiger partial charge in [-0.2, -0.15) is 0 Å². The molecule has 0 aliphatic carbocycles. The van der Waals surface area contributed by atoms with E-state index >= 15 is 0 Å². The van der Waals surface area contributed by atoms with Crippen LogP contribution in [0.25, 0.3) is 0 Å². The molecule has 2 atom stereocenters. The van der Waals surface area contributed by atoms with E-state index in [2.05, 4.69) is 31.3 Å². The Morgan fingerprint density at radius 3 is 1.29 bits per heavy atom. The number of hydrogen-bond acceptors (Lipinski definition) is 5. The summed E-state index contributed by atoms with van der Waals surface area (Å²) in [5.74, 6) is -0.0930. The maximum Gasteiger partial charge on any atom is 0.305 e. The van der Waals surface area contributed by atoms with Crippen LogP contribution in [-0.4, -0.2) is 47.4 Å². The molecule has 0 bridgehead atoms. The Bertz CT molecular complexity index is 817. The van der Waals surface area contributed by atoms with E-state index in [1.54, 1.807) is 0 Å². The summed E-state index contributed by atoms with van der Waals surface area (Å²) in [5.41, 5.74) is 0. The van der Waals surface area contributed by atoms with Crippen molar-refractivity contribution in [3.8, 4) is 0 Å². The van der Waals surface area contributed by atoms with Crippen molar-refractivity contribution in [2.75, 3.05) is 13.2 Å². The number of esters is 1. The van der Waals surface area contributed by atoms with Crippen LogP contribution in [-0.2, 0) is 14.3 Å². The van der Waals surface area contributed by atoms with E-state index in [0.29, 0.717) is 25.9 Å². The van der Waals surface area contributed by atoms with Crippen molar-refractivity contribution >= 4 is 11.9 Å². The molecule has 55 heavy (non-hydrogen) atoms. The fraction of sp³-hybridized carbons (Fsp3) is 0.918. The van der Waals surface area contributed by atoms with Gasteiger partial charge in [-0.1, -0.05) is 212 Å². The molecule has 0 saturated heterocycles. The van der Waals surface area contributed by atoms with Crippen molar-refractivity contribution in [3.05, 3.63) is 12.2 Å². The summed E-state index contributed by atoms with van der Waals surface area (Å²) in [6, 6.07) is -0.559. The number of carbonyl (C=O) groups excluding carboxylic acids is 2. The van der Waals surface area contributed by atoms with E-state index in [9.17, 15) is 19.8 Å². The lowest BCUT2D eigenvalue weighted by Crippen LogP contribution is -2.45. The van der Waals surface area contributed by atoms with Gasteiger partial charge in [0.1, 0.15) is 0 Å². The summed E-state index contributed by atoms with van der Waals surface area (Å²) < 4.78 is 5.44. The van der Waals surface area contributed by atoms with E-state index in [1.807, 2.05) is 0 Å². The van der Waals surface area contributed by atoms with Gasteiger partial charge in [0.25, 0.3) is 0 Å². The van der Waals surface area contributed by atoms with Crippen molar-refractivity contribution in [1.82, 2.24) is 5.32 Å². The van der Waals surface area contributed by atoms with Crippen molar-refractivity contribution in [3.63, 3.8) is 0 Å². The predicted octanol–water partition coefficient (Wildman–Crippen LogP) is 14.2. The van der Waals surface area contributed by atoms with Gasteiger partial charge in [-0.25, -0.2) is 0 Å². The largest absolute Gasteiger partial charge is 0.466 e. The van der Waals surface area contributed by atoms with Gasteiger partial charge in [0.05, 0.1) is 25.4 Å². The average molecular weight is 778 g/mol. The molecule has 0 aromatic heterocycles. The molecular weight excluding hydrogens is 683 g/mol. The topological polar surface area (TPSA) is 95.9 Å². The van der Waals surface area contributed by atoms with Crippen LogP contribution < -0.4 is 5.32 Å². The van der Waals surface area contributed by atoms with E-state index in [0.717, 1.165) is 83.5 Å². The Kier molecular flexibility index (Phi) is 44.2. The molecule has 1 amide bonds. The summed E-state index contributed by atoms with van der Waals surface area (Å²) >= 11 is 0. The van der Waals surface area contributed by atoms with Gasteiger partial charge in [0.2, 0.25) is 5.91 Å². The number of amides is 1. The molecule has 0 aromatic rings. The highest BCUT2D eigenvalue weighted by Crippen LogP contribution is 2.16. The SMILES string of the molecule is CCCCCCCCCCCCCCCCCCCC(=O)OCCCC/C=C\CCCCCCCC(=O)NC(CO)C(O)CCCCCCCCCCCC. The van der Waals surface area contributed by atoms with Gasteiger partial charge in [-0.05, 0) is 51.4 Å². The predicted molar refractivity (Wildman–Crippen MR) is 237 cm³/mol. The molecule has 0 heterocycles. The Morgan fingerprint density at radius 2 is 0.855 bits per heavy atom. The van der Waals surface area contributed by atoms with Gasteiger partial charge < -0.3 is 20.3 Å². The zero-order valence-electron chi connectivity index (χ0n) is 36.9. The monoisotopic (exact) mass is 778 g/mol. The highest BCUT2D eigenvalue weighted by atomic mass is 16.5. The first-order valence-corrected chi connectivity index (χ1v) is 24.4. The summed E-state index contributed by atoms with van der Waals surface area (Å²) in [7, 11) is 0. The van der Waals surface area contributed by atoms with E-state index < -0.39 is 12.1 Å². The van der Waals surface area contributed by atoms with Crippen molar-refractivity contribution in [2.24, 2.45) is 0 Å². The third-order valence-electron chi connectivity index (χ3n) is 11.3. The first kappa shape index (κ1) is 53.6. The van der Waals surface area contributed by atoms with Gasteiger partial charge in [0, 0.05) is 12.8 Å². The average Bonchev–Trinajstić information content (AvgIpc) is 3.18. The van der Waals surface area contributed by atoms with Crippen LogP contribution >= 0.6 is 0 Å². The molecule has 0 rings (SSSR count). The number of nitrogens with one attached hydrogen (secondary N) is 1. The number of aliphatic hydroxyl groups excluding tert-OH is 2. The van der Waals surface area contributed by atoms with Crippen LogP contribution in [0.5, 0.6) is 0 Å². The van der Waals surface area contributed by atoms with Gasteiger partial charge in [-0.15, -0.1) is 0 Å². The molecule has 0 fully saturated rings. The van der Waals surface area contributed by atoms with Gasteiger partial charge >= 0.3 is 5.97 Å². The molecule has 0 aliphatic rings. The van der Waals surface area contributed by atoms with Crippen molar-refractivity contribution < 1.29 is 24.5 Å². The minimum atomic E-state index is -0.679. The molecule has 326 valence electrons. The van der Waals surface area contributed by atoms with E-state index in [-0.39, 0.29) is 18.5 Å². The molecule has 3 N–H and O–H groups in total. The molecule has 2 unspecified atom stereocenters. The lowest BCUT2D eigenvalue weighted by atomic mass is 10.0. The maximum absolute atomic E-state index is 12.4. The molecule has 0 aliphatic heterocycles. The smallest absolute Gasteiger partial charge is 0.305 e. The van der Waals surface area contributed by atoms with Crippen molar-refractivity contribution in [2.45, 2.75) is 276 Å². The van der Waals surface area contributed by atoms with Crippen LogP contribution in [0.2, 0.25) is 0 Å². The van der Waals surface area contributed by atoms with Crippen LogP contribution in [0.1, 0.15) is 264 Å². The number of aliphatic hydroxyl groups is 2. The molecule has 0 spiro atoms. The standard InChI is InChI=1S/C49H95NO5/c1-3-5-7-9-11-13-15-16-17-18-19-20-23-27-31-35-39-43-49(54)55-44-40-36-32-28-24-21-22-26-30-34-38-42-48(53)50-46(45-51)47(52)41-37-33-29-25-14-12-10-8-6-4-2/h24,28,46-47,51-52H,3-23,25-27,29-45H2,1-2H3,(H,50,53)/b28-24-.